The molecule has 0 saturated heterocycles. The van der Waals surface area contributed by atoms with Crippen LogP contribution in [0.15, 0.2) is 48.7 Å². The number of aromatic hydroxyl groups is 1. The van der Waals surface area contributed by atoms with Gasteiger partial charge in [-0.25, -0.2) is 4.57 Å². The van der Waals surface area contributed by atoms with Crippen molar-refractivity contribution in [2.75, 3.05) is 0 Å². The normalized spacial score (nSPS) is 10.2. The molecular weight excluding hydrogens is 325 g/mol. The van der Waals surface area contributed by atoms with Crippen LogP contribution in [-0.2, 0) is 7.05 Å². The van der Waals surface area contributed by atoms with Gasteiger partial charge in [0.15, 0.2) is 6.20 Å². The first-order chi connectivity index (χ1) is 7.75. The molecule has 17 heavy (non-hydrogen) atoms. The van der Waals surface area contributed by atoms with Crippen LogP contribution < -0.4 is 28.5 Å². The van der Waals surface area contributed by atoms with Crippen molar-refractivity contribution in [1.29, 1.82) is 0 Å². The van der Waals surface area contributed by atoms with Gasteiger partial charge in [-0.15, -0.1) is 0 Å². The molecule has 0 unspecified atom stereocenters. The van der Waals surface area contributed by atoms with Gasteiger partial charge in [-0.2, -0.15) is 0 Å². The molecule has 1 N–H and O–H groups in total. The van der Waals surface area contributed by atoms with Crippen molar-refractivity contribution < 1.29 is 33.7 Å². The summed E-state index contributed by atoms with van der Waals surface area (Å²) in [6.45, 7) is 0. The van der Waals surface area contributed by atoms with Gasteiger partial charge in [0.25, 0.3) is 0 Å². The molecule has 2 rings (SSSR count). The Hall–Kier alpha value is -1.36. The van der Waals surface area contributed by atoms with Gasteiger partial charge >= 0.3 is 0 Å². The molecule has 0 fully saturated rings. The minimum Gasteiger partial charge on any atom is -1.00 e. The van der Waals surface area contributed by atoms with Gasteiger partial charge in [0.1, 0.15) is 12.8 Å². The fraction of sp³-hybridized carbons (Fsp3) is 0.0714. The number of rotatable bonds is 2. The van der Waals surface area contributed by atoms with E-state index in [0.29, 0.717) is 5.75 Å². The molecule has 3 heteroatoms. The minimum absolute atomic E-state index is 0. The first kappa shape index (κ1) is 13.7. The summed E-state index contributed by atoms with van der Waals surface area (Å²) in [5.74, 6) is 0.291. The largest absolute Gasteiger partial charge is 1.00 e. The molecule has 1 heterocycles. The summed E-state index contributed by atoms with van der Waals surface area (Å²) in [7, 11) is 2.00. The van der Waals surface area contributed by atoms with Crippen LogP contribution in [0, 0.1) is 0 Å². The number of pyridine rings is 1. The van der Waals surface area contributed by atoms with Crippen molar-refractivity contribution in [2.24, 2.45) is 7.05 Å². The molecule has 0 amide bonds. The monoisotopic (exact) mass is 339 g/mol. The molecule has 88 valence electrons. The lowest BCUT2D eigenvalue weighted by Gasteiger charge is -1.95. The highest BCUT2D eigenvalue weighted by Crippen LogP contribution is 2.12. The molecular formula is C14H14INO. The Labute approximate surface area is 118 Å². The molecule has 0 atom stereocenters. The lowest BCUT2D eigenvalue weighted by molar-refractivity contribution is -0.673. The van der Waals surface area contributed by atoms with Crippen molar-refractivity contribution in [1.82, 2.24) is 0 Å². The Kier molecular flexibility index (Phi) is 5.15. The van der Waals surface area contributed by atoms with Crippen molar-refractivity contribution in [2.45, 2.75) is 0 Å². The Balaban J connectivity index is 0.00000144. The van der Waals surface area contributed by atoms with Crippen molar-refractivity contribution >= 4 is 12.2 Å². The zero-order valence-corrected chi connectivity index (χ0v) is 11.7. The molecule has 0 radical (unpaired) electrons. The van der Waals surface area contributed by atoms with Crippen LogP contribution in [0.3, 0.4) is 0 Å². The highest BCUT2D eigenvalue weighted by Gasteiger charge is 1.98. The highest BCUT2D eigenvalue weighted by molar-refractivity contribution is 5.67. The number of nitrogens with zero attached hydrogens (tertiary/aromatic N) is 1. The zero-order valence-electron chi connectivity index (χ0n) is 9.55. The van der Waals surface area contributed by atoms with Crippen molar-refractivity contribution in [3.05, 3.63) is 59.9 Å². The fourth-order valence-corrected chi connectivity index (χ4v) is 1.52. The first-order valence-corrected chi connectivity index (χ1v) is 5.17. The van der Waals surface area contributed by atoms with Crippen LogP contribution in [0.5, 0.6) is 5.75 Å². The summed E-state index contributed by atoms with van der Waals surface area (Å²) >= 11 is 0. The average Bonchev–Trinajstić information content (AvgIpc) is 2.28. The average molecular weight is 339 g/mol. The molecule has 1 aromatic heterocycles. The van der Waals surface area contributed by atoms with Gasteiger partial charge in [-0.05, 0) is 29.8 Å². The molecule has 0 aliphatic heterocycles. The lowest BCUT2D eigenvalue weighted by atomic mass is 10.2. The maximum atomic E-state index is 9.33. The topological polar surface area (TPSA) is 24.1 Å². The minimum atomic E-state index is 0. The van der Waals surface area contributed by atoms with E-state index < -0.39 is 0 Å². The molecule has 0 spiro atoms. The summed E-state index contributed by atoms with van der Waals surface area (Å²) in [6, 6.07) is 13.2. The van der Waals surface area contributed by atoms with Crippen molar-refractivity contribution in [3.8, 4) is 5.75 Å². The third-order valence-electron chi connectivity index (χ3n) is 2.41. The summed E-state index contributed by atoms with van der Waals surface area (Å²) in [5.41, 5.74) is 2.11. The van der Waals surface area contributed by atoms with E-state index in [1.165, 1.54) is 0 Å². The number of aryl methyl sites for hydroxylation is 1. The van der Waals surface area contributed by atoms with Gasteiger partial charge in [0.2, 0.25) is 5.69 Å². The van der Waals surface area contributed by atoms with Crippen LogP contribution in [0.1, 0.15) is 11.3 Å². The van der Waals surface area contributed by atoms with Crippen LogP contribution in [0.2, 0.25) is 0 Å². The third kappa shape index (κ3) is 3.85. The first-order valence-electron chi connectivity index (χ1n) is 5.17. The van der Waals surface area contributed by atoms with Gasteiger partial charge in [0.05, 0.1) is 0 Å². The number of phenols is 1. The predicted molar refractivity (Wildman–Crippen MR) is 64.7 cm³/mol. The van der Waals surface area contributed by atoms with Gasteiger partial charge < -0.3 is 29.1 Å². The Morgan fingerprint density at radius 2 is 1.88 bits per heavy atom. The number of halogens is 1. The fourth-order valence-electron chi connectivity index (χ4n) is 1.52. The quantitative estimate of drug-likeness (QED) is 0.573. The molecule has 2 aromatic rings. The number of hydrogen-bond acceptors (Lipinski definition) is 1. The van der Waals surface area contributed by atoms with E-state index in [1.807, 2.05) is 60.3 Å². The van der Waals surface area contributed by atoms with E-state index in [1.54, 1.807) is 12.1 Å². The summed E-state index contributed by atoms with van der Waals surface area (Å²) in [5, 5.41) is 9.33. The zero-order chi connectivity index (χ0) is 11.4. The van der Waals surface area contributed by atoms with E-state index in [4.69, 9.17) is 0 Å². The summed E-state index contributed by atoms with van der Waals surface area (Å²) in [4.78, 5) is 0. The smallest absolute Gasteiger partial charge is 0.204 e. The van der Waals surface area contributed by atoms with Crippen LogP contribution in [0.25, 0.3) is 12.2 Å². The van der Waals surface area contributed by atoms with Crippen LogP contribution in [0.4, 0.5) is 0 Å². The predicted octanol–water partition coefficient (Wildman–Crippen LogP) is -0.609. The Morgan fingerprint density at radius 3 is 2.59 bits per heavy atom. The van der Waals surface area contributed by atoms with Crippen molar-refractivity contribution in [3.63, 3.8) is 0 Å². The van der Waals surface area contributed by atoms with Crippen LogP contribution in [-0.4, -0.2) is 5.11 Å². The van der Waals surface area contributed by atoms with E-state index in [2.05, 4.69) is 0 Å². The maximum absolute atomic E-state index is 9.33. The lowest BCUT2D eigenvalue weighted by Crippen LogP contribution is -3.00. The molecule has 0 aliphatic carbocycles. The van der Waals surface area contributed by atoms with E-state index >= 15 is 0 Å². The number of hydrogen-bond donors (Lipinski definition) is 1. The van der Waals surface area contributed by atoms with E-state index in [0.717, 1.165) is 11.3 Å². The van der Waals surface area contributed by atoms with E-state index in [-0.39, 0.29) is 24.0 Å². The van der Waals surface area contributed by atoms with Gasteiger partial charge in [-0.1, -0.05) is 12.1 Å². The Morgan fingerprint density at radius 1 is 1.06 bits per heavy atom. The maximum Gasteiger partial charge on any atom is 0.204 e. The van der Waals surface area contributed by atoms with E-state index in [9.17, 15) is 5.11 Å². The SMILES string of the molecule is C[n+]1ccccc1C=Cc1cccc(O)c1.[I-]. The molecule has 0 aliphatic rings. The second-order valence-corrected chi connectivity index (χ2v) is 3.66. The molecule has 1 aromatic carbocycles. The number of phenolic OH excluding ortho intramolecular Hbond substituents is 1. The Bertz CT molecular complexity index is 523. The number of aromatic nitrogens is 1. The highest BCUT2D eigenvalue weighted by atomic mass is 127. The third-order valence-corrected chi connectivity index (χ3v) is 2.41. The molecule has 2 nitrogen and oxygen atoms in total. The van der Waals surface area contributed by atoms with Crippen LogP contribution >= 0.6 is 0 Å². The number of benzene rings is 1. The summed E-state index contributed by atoms with van der Waals surface area (Å²) in [6.07, 6.45) is 6.01. The molecule has 0 saturated carbocycles. The second-order valence-electron chi connectivity index (χ2n) is 3.66. The summed E-state index contributed by atoms with van der Waals surface area (Å²) < 4.78 is 2.04. The van der Waals surface area contributed by atoms with Gasteiger partial charge in [-0.3, -0.25) is 0 Å². The standard InChI is InChI=1S/C14H13NO.HI/c1-15-10-3-2-6-13(15)9-8-12-5-4-7-14(16)11-12;/h2-11H,1H3;1H. The van der Waals surface area contributed by atoms with Gasteiger partial charge in [0, 0.05) is 18.2 Å². The molecule has 0 bridgehead atoms. The second kappa shape index (κ2) is 6.39.